The van der Waals surface area contributed by atoms with Crippen LogP contribution in [0.3, 0.4) is 0 Å². The number of nitrogens with two attached hydrogens (primary N) is 2. The molecular formula is C44H44Br4F4N4O6. The minimum absolute atomic E-state index is 0. The van der Waals surface area contributed by atoms with Gasteiger partial charge in [-0.3, -0.25) is 0 Å². The molecule has 2 heterocycles. The van der Waals surface area contributed by atoms with E-state index in [4.69, 9.17) is 31.9 Å². The van der Waals surface area contributed by atoms with Gasteiger partial charge >= 0.3 is 11.9 Å². The van der Waals surface area contributed by atoms with Crippen molar-refractivity contribution in [3.63, 3.8) is 0 Å². The van der Waals surface area contributed by atoms with Crippen LogP contribution in [0.2, 0.25) is 0 Å². The molecule has 18 heteroatoms. The highest BCUT2D eigenvalue weighted by Gasteiger charge is 2.17. The Morgan fingerprint density at radius 3 is 1.08 bits per heavy atom. The first kappa shape index (κ1) is 55.6. The third-order valence-electron chi connectivity index (χ3n) is 7.84. The molecule has 10 nitrogen and oxygen atoms in total. The van der Waals surface area contributed by atoms with Gasteiger partial charge in [-0.1, -0.05) is 75.5 Å². The number of hydrogen-bond donors (Lipinski definition) is 6. The number of carbonyl (C=O) groups is 2. The van der Waals surface area contributed by atoms with Crippen LogP contribution >= 0.6 is 63.7 Å². The normalized spacial score (nSPS) is 12.1. The molecule has 0 saturated carbocycles. The van der Waals surface area contributed by atoms with Crippen LogP contribution in [0.4, 0.5) is 17.6 Å². The van der Waals surface area contributed by atoms with E-state index in [2.05, 4.69) is 73.7 Å². The van der Waals surface area contributed by atoms with Crippen LogP contribution in [0.25, 0.3) is 0 Å². The number of benzene rings is 4. The van der Waals surface area contributed by atoms with Crippen LogP contribution in [0, 0.1) is 23.3 Å². The van der Waals surface area contributed by atoms with Crippen LogP contribution in [-0.4, -0.2) is 42.3 Å². The molecule has 4 aromatic carbocycles. The first-order valence-electron chi connectivity index (χ1n) is 17.3. The highest BCUT2D eigenvalue weighted by Crippen LogP contribution is 2.27. The van der Waals surface area contributed by atoms with Gasteiger partial charge in [0.15, 0.2) is 12.2 Å². The number of aromatic nitrogens is 2. The molecule has 2 unspecified atom stereocenters. The lowest BCUT2D eigenvalue weighted by Gasteiger charge is -2.13. The number of aliphatic hydroxyl groups excluding tert-OH is 2. The number of pyridine rings is 2. The SMILES string of the molecule is C.C.NC(Cc1cc(F)cc(F)c1)c1nc(Br)ccc1Br.NC(Cc1cc(F)cc(F)c1)c1nc(Br)ccc1Br.O=C(O)[C@H](O)c1ccccc1.O=C(O)[C@H](O)c1ccccc1. The maximum atomic E-state index is 13.1. The zero-order chi connectivity index (χ0) is 44.5. The minimum atomic E-state index is -1.41. The highest BCUT2D eigenvalue weighted by atomic mass is 79.9. The maximum absolute atomic E-state index is 13.1. The Kier molecular flexibility index (Phi) is 24.8. The molecule has 0 bridgehead atoms. The van der Waals surface area contributed by atoms with Gasteiger partial charge < -0.3 is 31.9 Å². The lowest BCUT2D eigenvalue weighted by Crippen LogP contribution is -2.16. The summed E-state index contributed by atoms with van der Waals surface area (Å²) in [6.07, 6.45) is -2.21. The van der Waals surface area contributed by atoms with Gasteiger partial charge in [0.2, 0.25) is 0 Å². The molecule has 8 N–H and O–H groups in total. The van der Waals surface area contributed by atoms with Crippen LogP contribution in [0.15, 0.2) is 139 Å². The van der Waals surface area contributed by atoms with Crippen molar-refractivity contribution in [2.24, 2.45) is 11.5 Å². The summed E-state index contributed by atoms with van der Waals surface area (Å²) in [6.45, 7) is 0. The van der Waals surface area contributed by atoms with Gasteiger partial charge in [-0.05, 0) is 147 Å². The maximum Gasteiger partial charge on any atom is 0.337 e. The zero-order valence-corrected chi connectivity index (χ0v) is 37.3. The molecule has 0 spiro atoms. The fraction of sp³-hybridized carbons (Fsp3) is 0.182. The summed E-state index contributed by atoms with van der Waals surface area (Å²) in [5, 5.41) is 34.8. The molecule has 0 aliphatic carbocycles. The molecule has 0 fully saturated rings. The van der Waals surface area contributed by atoms with E-state index in [1.165, 1.54) is 24.3 Å². The van der Waals surface area contributed by atoms with Gasteiger partial charge in [0.1, 0.15) is 32.5 Å². The Morgan fingerprint density at radius 2 is 0.806 bits per heavy atom. The number of aliphatic hydroxyl groups is 2. The number of hydrogen-bond acceptors (Lipinski definition) is 8. The average Bonchev–Trinajstić information content (AvgIpc) is 3.19. The summed E-state index contributed by atoms with van der Waals surface area (Å²) >= 11 is 13.3. The summed E-state index contributed by atoms with van der Waals surface area (Å²) in [5.74, 6) is -4.88. The van der Waals surface area contributed by atoms with Crippen molar-refractivity contribution in [2.75, 3.05) is 0 Å². The second-order valence-corrected chi connectivity index (χ2v) is 15.8. The molecule has 0 radical (unpaired) electrons. The summed E-state index contributed by atoms with van der Waals surface area (Å²) < 4.78 is 55.3. The van der Waals surface area contributed by atoms with Gasteiger partial charge in [-0.2, -0.15) is 0 Å². The Hall–Kier alpha value is -4.40. The highest BCUT2D eigenvalue weighted by molar-refractivity contribution is 9.11. The third kappa shape index (κ3) is 18.9. The fourth-order valence-electron chi connectivity index (χ4n) is 5.10. The van der Waals surface area contributed by atoms with Crippen molar-refractivity contribution in [3.05, 3.63) is 196 Å². The van der Waals surface area contributed by atoms with Crippen molar-refractivity contribution in [1.82, 2.24) is 9.97 Å². The van der Waals surface area contributed by atoms with E-state index in [0.29, 0.717) is 55.7 Å². The largest absolute Gasteiger partial charge is 0.479 e. The smallest absolute Gasteiger partial charge is 0.337 e. The molecule has 0 aliphatic heterocycles. The second kappa shape index (κ2) is 27.6. The molecule has 0 aliphatic rings. The van der Waals surface area contributed by atoms with E-state index in [0.717, 1.165) is 21.1 Å². The predicted molar refractivity (Wildman–Crippen MR) is 245 cm³/mol. The average molecular weight is 1120 g/mol. The van der Waals surface area contributed by atoms with Crippen molar-refractivity contribution in [1.29, 1.82) is 0 Å². The summed E-state index contributed by atoms with van der Waals surface area (Å²) in [6, 6.07) is 29.6. The summed E-state index contributed by atoms with van der Waals surface area (Å²) in [4.78, 5) is 29.0. The monoisotopic (exact) mass is 1120 g/mol. The van der Waals surface area contributed by atoms with E-state index in [1.54, 1.807) is 72.8 Å². The summed E-state index contributed by atoms with van der Waals surface area (Å²) in [5.41, 5.74) is 15.2. The van der Waals surface area contributed by atoms with Gasteiger partial charge in [0.25, 0.3) is 0 Å². The minimum Gasteiger partial charge on any atom is -0.479 e. The molecule has 332 valence electrons. The molecule has 6 aromatic rings. The molecular weight excluding hydrogens is 1080 g/mol. The Labute approximate surface area is 390 Å². The lowest BCUT2D eigenvalue weighted by atomic mass is 10.0. The Bertz CT molecular complexity index is 2140. The molecule has 6 rings (SSSR count). The van der Waals surface area contributed by atoms with E-state index >= 15 is 0 Å². The topological polar surface area (TPSA) is 193 Å². The van der Waals surface area contributed by atoms with Gasteiger partial charge in [0, 0.05) is 21.1 Å². The quantitative estimate of drug-likeness (QED) is 0.0568. The number of carboxylic acid groups (broad SMARTS) is 2. The van der Waals surface area contributed by atoms with Crippen LogP contribution in [0.1, 0.15) is 72.8 Å². The predicted octanol–water partition coefficient (Wildman–Crippen LogP) is 11.1. The van der Waals surface area contributed by atoms with Crippen molar-refractivity contribution in [3.8, 4) is 0 Å². The van der Waals surface area contributed by atoms with Gasteiger partial charge in [-0.15, -0.1) is 0 Å². The number of nitrogens with zero attached hydrogens (tertiary/aromatic N) is 2. The van der Waals surface area contributed by atoms with E-state index < -0.39 is 59.5 Å². The number of carboxylic acids is 2. The van der Waals surface area contributed by atoms with Crippen molar-refractivity contribution < 1.29 is 47.6 Å². The van der Waals surface area contributed by atoms with E-state index in [-0.39, 0.29) is 14.9 Å². The molecule has 2 aromatic heterocycles. The van der Waals surface area contributed by atoms with Crippen LogP contribution in [-0.2, 0) is 22.4 Å². The lowest BCUT2D eigenvalue weighted by molar-refractivity contribution is -0.147. The number of rotatable bonds is 10. The molecule has 62 heavy (non-hydrogen) atoms. The first-order valence-corrected chi connectivity index (χ1v) is 20.5. The van der Waals surface area contributed by atoms with Crippen molar-refractivity contribution in [2.45, 2.75) is 52.0 Å². The number of halogens is 8. The van der Waals surface area contributed by atoms with Crippen LogP contribution < -0.4 is 11.5 Å². The van der Waals surface area contributed by atoms with Gasteiger partial charge in [-0.25, -0.2) is 37.1 Å². The van der Waals surface area contributed by atoms with Crippen LogP contribution in [0.5, 0.6) is 0 Å². The third-order valence-corrected chi connectivity index (χ3v) is 10.1. The fourth-order valence-corrected chi connectivity index (χ4v) is 6.78. The standard InChI is InChI=1S/2C13H10Br2F2N2.2C8H8O3.2CH4/c2*14-10-1-2-12(15)19-13(10)11(18)5-7-3-8(16)6-9(17)4-7;2*9-7(8(10)11)6-4-2-1-3-5-6;;/h2*1-4,6,11H,5,18H2;2*1-5,7,9H,(H,10,11);2*1H4/t;;2*7-;;/m..11../s1. The number of aliphatic carboxylic acids is 2. The van der Waals surface area contributed by atoms with Crippen molar-refractivity contribution >= 4 is 75.7 Å². The zero-order valence-electron chi connectivity index (χ0n) is 30.9. The van der Waals surface area contributed by atoms with E-state index in [9.17, 15) is 27.2 Å². The summed E-state index contributed by atoms with van der Waals surface area (Å²) in [7, 11) is 0. The van der Waals surface area contributed by atoms with Gasteiger partial charge in [0.05, 0.1) is 23.5 Å². The Morgan fingerprint density at radius 1 is 0.516 bits per heavy atom. The molecule has 0 amide bonds. The Balaban J connectivity index is 0.000000422. The molecule has 0 saturated heterocycles. The first-order chi connectivity index (χ1) is 28.3. The second-order valence-electron chi connectivity index (χ2n) is 12.5. The van der Waals surface area contributed by atoms with E-state index in [1.807, 2.05) is 12.1 Å². The molecule has 4 atom stereocenters.